The van der Waals surface area contributed by atoms with Crippen molar-refractivity contribution in [3.05, 3.63) is 62.6 Å². The van der Waals surface area contributed by atoms with Gasteiger partial charge in [0.05, 0.1) is 5.56 Å². The number of aliphatic hydroxyl groups is 1. The normalized spacial score (nSPS) is 11.3. The van der Waals surface area contributed by atoms with Gasteiger partial charge in [-0.2, -0.15) is 0 Å². The zero-order valence-corrected chi connectivity index (χ0v) is 17.2. The summed E-state index contributed by atoms with van der Waals surface area (Å²) in [4.78, 5) is 23.7. The van der Waals surface area contributed by atoms with Crippen LogP contribution in [0.1, 0.15) is 22.2 Å². The van der Waals surface area contributed by atoms with Crippen LogP contribution in [0.2, 0.25) is 5.02 Å². The monoisotopic (exact) mass is 433 g/mol. The average Bonchev–Trinajstić information content (AvgIpc) is 3.33. The van der Waals surface area contributed by atoms with E-state index in [4.69, 9.17) is 16.3 Å². The van der Waals surface area contributed by atoms with Gasteiger partial charge in [-0.3, -0.25) is 9.59 Å². The second kappa shape index (κ2) is 9.05. The minimum absolute atomic E-state index is 0.0588. The number of ether oxygens (including phenoxy) is 1. The smallest absolute Gasteiger partial charge is 0.262 e. The maximum Gasteiger partial charge on any atom is 0.262 e. The first kappa shape index (κ1) is 20.1. The summed E-state index contributed by atoms with van der Waals surface area (Å²) in [5, 5.41) is 17.9. The number of aldehydes is 1. The van der Waals surface area contributed by atoms with E-state index in [1.807, 2.05) is 17.5 Å². The minimum Gasteiger partial charge on any atom is -0.508 e. The van der Waals surface area contributed by atoms with Crippen molar-refractivity contribution in [3.63, 3.8) is 0 Å². The van der Waals surface area contributed by atoms with Crippen molar-refractivity contribution in [1.82, 2.24) is 0 Å². The first-order chi connectivity index (χ1) is 13.5. The summed E-state index contributed by atoms with van der Waals surface area (Å²) in [5.74, 6) is 0.0425. The Bertz CT molecular complexity index is 1020. The molecule has 3 aromatic rings. The maximum atomic E-state index is 12.3. The zero-order valence-electron chi connectivity index (χ0n) is 14.8. The largest absolute Gasteiger partial charge is 0.508 e. The molecule has 0 saturated heterocycles. The van der Waals surface area contributed by atoms with Crippen LogP contribution in [-0.2, 0) is 4.79 Å². The van der Waals surface area contributed by atoms with Crippen LogP contribution in [0, 0.1) is 0 Å². The highest BCUT2D eigenvalue weighted by Gasteiger charge is 2.19. The van der Waals surface area contributed by atoms with E-state index < -0.39 is 5.91 Å². The number of carbonyl (C=O) groups is 2. The lowest BCUT2D eigenvalue weighted by Gasteiger charge is -2.09. The molecule has 8 heteroatoms. The lowest BCUT2D eigenvalue weighted by Crippen LogP contribution is -2.20. The Kier molecular flexibility index (Phi) is 6.51. The first-order valence-corrected chi connectivity index (χ1v) is 10.4. The molecule has 0 unspecified atom stereocenters. The number of thiophene rings is 2. The maximum absolute atomic E-state index is 12.3. The topological polar surface area (TPSA) is 75.6 Å². The van der Waals surface area contributed by atoms with Crippen LogP contribution in [0.5, 0.6) is 5.75 Å². The Morgan fingerprint density at radius 2 is 2.00 bits per heavy atom. The van der Waals surface area contributed by atoms with Crippen LogP contribution in [-0.4, -0.2) is 23.9 Å². The van der Waals surface area contributed by atoms with Crippen LogP contribution < -0.4 is 10.1 Å². The molecule has 2 heterocycles. The second-order valence-corrected chi connectivity index (χ2v) is 7.90. The lowest BCUT2D eigenvalue weighted by atomic mass is 10.0. The summed E-state index contributed by atoms with van der Waals surface area (Å²) in [6.45, 7) is 1.46. The number of aliphatic hydroxyl groups excluding tert-OH is 1. The summed E-state index contributed by atoms with van der Waals surface area (Å²) >= 11 is 8.50. The highest BCUT2D eigenvalue weighted by atomic mass is 35.5. The van der Waals surface area contributed by atoms with Gasteiger partial charge in [-0.15, -0.1) is 22.7 Å². The Balaban J connectivity index is 1.80. The number of hydrogen-bond acceptors (Lipinski definition) is 6. The zero-order chi connectivity index (χ0) is 20.1. The van der Waals surface area contributed by atoms with Gasteiger partial charge in [-0.1, -0.05) is 23.7 Å². The van der Waals surface area contributed by atoms with Crippen molar-refractivity contribution in [3.8, 4) is 16.9 Å². The van der Waals surface area contributed by atoms with E-state index in [1.165, 1.54) is 22.7 Å². The van der Waals surface area contributed by atoms with Gasteiger partial charge in [0, 0.05) is 16.0 Å². The number of nitrogens with one attached hydrogen (secondary N) is 1. The summed E-state index contributed by atoms with van der Waals surface area (Å²) < 4.78 is 5.41. The first-order valence-electron chi connectivity index (χ1n) is 8.22. The van der Waals surface area contributed by atoms with Crippen molar-refractivity contribution < 1.29 is 19.4 Å². The van der Waals surface area contributed by atoms with E-state index in [-0.39, 0.29) is 12.4 Å². The van der Waals surface area contributed by atoms with Crippen molar-refractivity contribution in [1.29, 1.82) is 0 Å². The van der Waals surface area contributed by atoms with Gasteiger partial charge < -0.3 is 15.2 Å². The van der Waals surface area contributed by atoms with E-state index in [2.05, 4.69) is 5.32 Å². The molecule has 0 aliphatic carbocycles. The van der Waals surface area contributed by atoms with Gasteiger partial charge in [0.2, 0.25) is 0 Å². The number of allylic oxidation sites excluding steroid dienone is 1. The quantitative estimate of drug-likeness (QED) is 0.360. The Morgan fingerprint density at radius 1 is 1.25 bits per heavy atom. The number of halogens is 1. The number of hydrogen-bond donors (Lipinski definition) is 2. The Morgan fingerprint density at radius 3 is 2.68 bits per heavy atom. The molecule has 0 bridgehead atoms. The molecule has 1 aromatic carbocycles. The van der Waals surface area contributed by atoms with Gasteiger partial charge in [-0.05, 0) is 42.1 Å². The summed E-state index contributed by atoms with van der Waals surface area (Å²) in [6.07, 6.45) is 2.26. The highest BCUT2D eigenvalue weighted by molar-refractivity contribution is 7.15. The molecular formula is C20H16ClNO4S2. The van der Waals surface area contributed by atoms with Crippen molar-refractivity contribution in [2.45, 2.75) is 6.92 Å². The van der Waals surface area contributed by atoms with E-state index >= 15 is 0 Å². The number of anilines is 1. The lowest BCUT2D eigenvalue weighted by molar-refractivity contribution is -0.118. The van der Waals surface area contributed by atoms with Crippen LogP contribution in [0.15, 0.2) is 47.2 Å². The predicted molar refractivity (Wildman–Crippen MR) is 115 cm³/mol. The summed E-state index contributed by atoms with van der Waals surface area (Å²) in [6, 6.07) is 8.87. The molecule has 3 rings (SSSR count). The van der Waals surface area contributed by atoms with Gasteiger partial charge in [0.15, 0.2) is 12.9 Å². The molecule has 0 saturated carbocycles. The highest BCUT2D eigenvalue weighted by Crippen LogP contribution is 2.39. The molecule has 2 N–H and O–H groups in total. The average molecular weight is 434 g/mol. The van der Waals surface area contributed by atoms with Gasteiger partial charge >= 0.3 is 0 Å². The van der Waals surface area contributed by atoms with Crippen molar-refractivity contribution >= 4 is 57.2 Å². The standard InChI is InChI=1S/C20H16ClNO4S2/c1-2-15(24)19-14(12-3-5-13(21)6-4-12)11-28-20(19)22-18(25)10-26-16-7-8-27-17(16)9-23/h2-9,11,24H,10H2,1H3,(H,22,25)/b15-2-. The number of benzene rings is 1. The third-order valence-corrected chi connectivity index (χ3v) is 5.82. The molecule has 0 spiro atoms. The summed E-state index contributed by atoms with van der Waals surface area (Å²) in [5.41, 5.74) is 2.19. The molecule has 1 amide bonds. The van der Waals surface area contributed by atoms with Crippen molar-refractivity contribution in [2.75, 3.05) is 11.9 Å². The molecular weight excluding hydrogens is 418 g/mol. The predicted octanol–water partition coefficient (Wildman–Crippen LogP) is 5.88. The third-order valence-electron chi connectivity index (χ3n) is 3.85. The van der Waals surface area contributed by atoms with Gasteiger partial charge in [0.25, 0.3) is 5.91 Å². The van der Waals surface area contributed by atoms with Crippen LogP contribution in [0.25, 0.3) is 16.9 Å². The molecule has 2 aromatic heterocycles. The number of carbonyl (C=O) groups excluding carboxylic acids is 2. The number of amides is 1. The Labute approximate surface area is 174 Å². The fraction of sp³-hybridized carbons (Fsp3) is 0.100. The minimum atomic E-state index is -0.391. The number of rotatable bonds is 7. The van der Waals surface area contributed by atoms with Gasteiger partial charge in [0.1, 0.15) is 21.4 Å². The van der Waals surface area contributed by atoms with E-state index in [0.717, 1.165) is 11.1 Å². The molecule has 144 valence electrons. The molecule has 0 radical (unpaired) electrons. The van der Waals surface area contributed by atoms with E-state index in [9.17, 15) is 14.7 Å². The molecule has 0 aliphatic rings. The second-order valence-electron chi connectivity index (χ2n) is 5.64. The molecule has 28 heavy (non-hydrogen) atoms. The fourth-order valence-electron chi connectivity index (χ4n) is 2.51. The Hall–Kier alpha value is -2.61. The van der Waals surface area contributed by atoms with Crippen LogP contribution in [0.3, 0.4) is 0 Å². The summed E-state index contributed by atoms with van der Waals surface area (Å²) in [7, 11) is 0. The van der Waals surface area contributed by atoms with E-state index in [1.54, 1.807) is 36.6 Å². The van der Waals surface area contributed by atoms with Crippen LogP contribution >= 0.6 is 34.3 Å². The third kappa shape index (κ3) is 4.44. The molecule has 0 fully saturated rings. The molecule has 5 nitrogen and oxygen atoms in total. The fourth-order valence-corrected chi connectivity index (χ4v) is 4.27. The SMILES string of the molecule is C/C=C(\O)c1c(-c2ccc(Cl)cc2)csc1NC(=O)COc1ccsc1C=O. The van der Waals surface area contributed by atoms with Crippen molar-refractivity contribution in [2.24, 2.45) is 0 Å². The van der Waals surface area contributed by atoms with Gasteiger partial charge in [-0.25, -0.2) is 0 Å². The van der Waals surface area contributed by atoms with E-state index in [0.29, 0.717) is 32.5 Å². The van der Waals surface area contributed by atoms with Crippen LogP contribution in [0.4, 0.5) is 5.00 Å². The molecule has 0 aliphatic heterocycles. The molecule has 0 atom stereocenters.